The van der Waals surface area contributed by atoms with Gasteiger partial charge in [-0.25, -0.2) is 0 Å². The number of amides is 1. The van der Waals surface area contributed by atoms with Gasteiger partial charge in [-0.05, 0) is 37.5 Å². The molecule has 0 unspecified atom stereocenters. The molecule has 0 aliphatic carbocycles. The molecule has 1 aromatic carbocycles. The third kappa shape index (κ3) is 4.78. The lowest BCUT2D eigenvalue weighted by Gasteiger charge is -2.17. The number of hydrogen-bond acceptors (Lipinski definition) is 2. The first-order valence-corrected chi connectivity index (χ1v) is 6.68. The summed E-state index contributed by atoms with van der Waals surface area (Å²) in [5.41, 5.74) is 1.13. The van der Waals surface area contributed by atoms with Gasteiger partial charge in [0.05, 0.1) is 0 Å². The van der Waals surface area contributed by atoms with E-state index in [9.17, 15) is 4.79 Å². The molecule has 1 atom stereocenters. The Balaban J connectivity index is 2.53. The SMILES string of the molecule is CCCCNC(=O)[C@@H](CC)Oc1cccc(C)c1. The fraction of sp³-hybridized carbons (Fsp3) is 0.533. The zero-order valence-corrected chi connectivity index (χ0v) is 11.5. The Morgan fingerprint density at radius 3 is 2.78 bits per heavy atom. The fourth-order valence-corrected chi connectivity index (χ4v) is 1.68. The highest BCUT2D eigenvalue weighted by atomic mass is 16.5. The van der Waals surface area contributed by atoms with Crippen LogP contribution in [0.15, 0.2) is 24.3 Å². The van der Waals surface area contributed by atoms with Crippen molar-refractivity contribution in [2.45, 2.75) is 46.1 Å². The molecular weight excluding hydrogens is 226 g/mol. The number of aryl methyl sites for hydroxylation is 1. The standard InChI is InChI=1S/C15H23NO2/c1-4-6-10-16-15(17)14(5-2)18-13-9-7-8-12(3)11-13/h7-9,11,14H,4-6,10H2,1-3H3,(H,16,17)/t14-/m1/s1. The molecule has 1 N–H and O–H groups in total. The van der Waals surface area contributed by atoms with E-state index in [1.807, 2.05) is 38.1 Å². The van der Waals surface area contributed by atoms with Crippen LogP contribution in [0.25, 0.3) is 0 Å². The molecule has 3 nitrogen and oxygen atoms in total. The maximum Gasteiger partial charge on any atom is 0.261 e. The molecule has 1 rings (SSSR count). The van der Waals surface area contributed by atoms with Crippen LogP contribution in [0.2, 0.25) is 0 Å². The maximum absolute atomic E-state index is 11.9. The van der Waals surface area contributed by atoms with Gasteiger partial charge >= 0.3 is 0 Å². The van der Waals surface area contributed by atoms with Gasteiger partial charge in [0.2, 0.25) is 0 Å². The Kier molecular flexibility index (Phi) is 6.26. The molecule has 0 fully saturated rings. The quantitative estimate of drug-likeness (QED) is 0.754. The second kappa shape index (κ2) is 7.75. The molecule has 0 saturated heterocycles. The Morgan fingerprint density at radius 2 is 2.17 bits per heavy atom. The number of carbonyl (C=O) groups excluding carboxylic acids is 1. The summed E-state index contributed by atoms with van der Waals surface area (Å²) in [6.07, 6.45) is 2.36. The summed E-state index contributed by atoms with van der Waals surface area (Å²) in [5, 5.41) is 2.91. The molecule has 0 spiro atoms. The number of unbranched alkanes of at least 4 members (excludes halogenated alkanes) is 1. The summed E-state index contributed by atoms with van der Waals surface area (Å²) >= 11 is 0. The van der Waals surface area contributed by atoms with Crippen molar-refractivity contribution in [2.24, 2.45) is 0 Å². The molecule has 0 saturated carbocycles. The van der Waals surface area contributed by atoms with Crippen LogP contribution in [0.1, 0.15) is 38.7 Å². The number of rotatable bonds is 7. The van der Waals surface area contributed by atoms with E-state index in [1.54, 1.807) is 0 Å². The highest BCUT2D eigenvalue weighted by molar-refractivity contribution is 5.81. The highest BCUT2D eigenvalue weighted by Crippen LogP contribution is 2.15. The molecule has 0 heterocycles. The summed E-state index contributed by atoms with van der Waals surface area (Å²) in [7, 11) is 0. The van der Waals surface area contributed by atoms with Crippen molar-refractivity contribution in [3.8, 4) is 5.75 Å². The number of benzene rings is 1. The minimum absolute atomic E-state index is 0.0209. The molecule has 1 amide bonds. The van der Waals surface area contributed by atoms with Gasteiger partial charge in [0.15, 0.2) is 6.10 Å². The number of hydrogen-bond donors (Lipinski definition) is 1. The van der Waals surface area contributed by atoms with Crippen LogP contribution in [-0.2, 0) is 4.79 Å². The fourth-order valence-electron chi connectivity index (χ4n) is 1.68. The first-order valence-electron chi connectivity index (χ1n) is 6.68. The topological polar surface area (TPSA) is 38.3 Å². The lowest BCUT2D eigenvalue weighted by atomic mass is 10.2. The van der Waals surface area contributed by atoms with Crippen molar-refractivity contribution in [3.63, 3.8) is 0 Å². The molecule has 0 bridgehead atoms. The smallest absolute Gasteiger partial charge is 0.261 e. The van der Waals surface area contributed by atoms with Gasteiger partial charge in [0.25, 0.3) is 5.91 Å². The highest BCUT2D eigenvalue weighted by Gasteiger charge is 2.17. The van der Waals surface area contributed by atoms with Crippen molar-refractivity contribution < 1.29 is 9.53 Å². The van der Waals surface area contributed by atoms with Gasteiger partial charge in [0, 0.05) is 6.54 Å². The summed E-state index contributed by atoms with van der Waals surface area (Å²) in [4.78, 5) is 11.9. The third-order valence-corrected chi connectivity index (χ3v) is 2.76. The van der Waals surface area contributed by atoms with Crippen molar-refractivity contribution in [1.29, 1.82) is 0 Å². The molecule has 1 aromatic rings. The van der Waals surface area contributed by atoms with Crippen molar-refractivity contribution >= 4 is 5.91 Å². The molecule has 0 aliphatic heterocycles. The van der Waals surface area contributed by atoms with E-state index in [1.165, 1.54) is 0 Å². The van der Waals surface area contributed by atoms with Crippen molar-refractivity contribution in [3.05, 3.63) is 29.8 Å². The molecular formula is C15H23NO2. The van der Waals surface area contributed by atoms with Crippen LogP contribution < -0.4 is 10.1 Å². The van der Waals surface area contributed by atoms with Crippen LogP contribution in [0, 0.1) is 6.92 Å². The van der Waals surface area contributed by atoms with E-state index in [2.05, 4.69) is 12.2 Å². The molecule has 3 heteroatoms. The van der Waals surface area contributed by atoms with E-state index in [4.69, 9.17) is 4.74 Å². The largest absolute Gasteiger partial charge is 0.481 e. The Labute approximate surface area is 110 Å². The van der Waals surface area contributed by atoms with E-state index >= 15 is 0 Å². The zero-order valence-electron chi connectivity index (χ0n) is 11.5. The van der Waals surface area contributed by atoms with E-state index in [0.717, 1.165) is 30.7 Å². The molecule has 18 heavy (non-hydrogen) atoms. The van der Waals surface area contributed by atoms with Crippen LogP contribution >= 0.6 is 0 Å². The first kappa shape index (κ1) is 14.6. The minimum atomic E-state index is -0.399. The van der Waals surface area contributed by atoms with Crippen molar-refractivity contribution in [1.82, 2.24) is 5.32 Å². The van der Waals surface area contributed by atoms with Crippen LogP contribution in [0.5, 0.6) is 5.75 Å². The molecule has 100 valence electrons. The number of carbonyl (C=O) groups is 1. The molecule has 0 radical (unpaired) electrons. The van der Waals surface area contributed by atoms with Gasteiger partial charge < -0.3 is 10.1 Å². The molecule has 0 aromatic heterocycles. The Bertz CT molecular complexity index is 377. The summed E-state index contributed by atoms with van der Waals surface area (Å²) in [6.45, 7) is 6.80. The van der Waals surface area contributed by atoms with E-state index in [0.29, 0.717) is 6.42 Å². The lowest BCUT2D eigenvalue weighted by molar-refractivity contribution is -0.128. The predicted molar refractivity (Wildman–Crippen MR) is 73.8 cm³/mol. The van der Waals surface area contributed by atoms with Gasteiger partial charge in [0.1, 0.15) is 5.75 Å². The molecule has 0 aliphatic rings. The number of nitrogens with one attached hydrogen (secondary N) is 1. The zero-order chi connectivity index (χ0) is 13.4. The summed E-state index contributed by atoms with van der Waals surface area (Å²) < 4.78 is 5.72. The first-order chi connectivity index (χ1) is 8.67. The van der Waals surface area contributed by atoms with Crippen LogP contribution in [-0.4, -0.2) is 18.6 Å². The van der Waals surface area contributed by atoms with Crippen molar-refractivity contribution in [2.75, 3.05) is 6.54 Å². The summed E-state index contributed by atoms with van der Waals surface area (Å²) in [6, 6.07) is 7.78. The van der Waals surface area contributed by atoms with Gasteiger partial charge in [-0.1, -0.05) is 32.4 Å². The predicted octanol–water partition coefficient (Wildman–Crippen LogP) is 3.07. The van der Waals surface area contributed by atoms with Crippen LogP contribution in [0.3, 0.4) is 0 Å². The second-order valence-corrected chi connectivity index (χ2v) is 4.48. The maximum atomic E-state index is 11.9. The second-order valence-electron chi connectivity index (χ2n) is 4.48. The lowest BCUT2D eigenvalue weighted by Crippen LogP contribution is -2.38. The van der Waals surface area contributed by atoms with Gasteiger partial charge in [-0.2, -0.15) is 0 Å². The van der Waals surface area contributed by atoms with E-state index < -0.39 is 6.10 Å². The average Bonchev–Trinajstić information content (AvgIpc) is 2.36. The van der Waals surface area contributed by atoms with E-state index in [-0.39, 0.29) is 5.91 Å². The summed E-state index contributed by atoms with van der Waals surface area (Å²) in [5.74, 6) is 0.736. The average molecular weight is 249 g/mol. The normalized spacial score (nSPS) is 11.9. The number of ether oxygens (including phenoxy) is 1. The van der Waals surface area contributed by atoms with Crippen LogP contribution in [0.4, 0.5) is 0 Å². The minimum Gasteiger partial charge on any atom is -0.481 e. The monoisotopic (exact) mass is 249 g/mol. The van der Waals surface area contributed by atoms with Gasteiger partial charge in [-0.3, -0.25) is 4.79 Å². The van der Waals surface area contributed by atoms with Gasteiger partial charge in [-0.15, -0.1) is 0 Å². The third-order valence-electron chi connectivity index (χ3n) is 2.76. The Morgan fingerprint density at radius 1 is 1.39 bits per heavy atom. The Hall–Kier alpha value is -1.51.